The number of hydrogen-bond acceptors (Lipinski definition) is 4. The third kappa shape index (κ3) is 4.45. The van der Waals surface area contributed by atoms with Gasteiger partial charge in [-0.1, -0.05) is 6.42 Å². The number of benzene rings is 1. The molecule has 2 saturated heterocycles. The van der Waals surface area contributed by atoms with E-state index in [1.807, 2.05) is 12.1 Å². The van der Waals surface area contributed by atoms with Crippen LogP contribution in [0.5, 0.6) is 0 Å². The van der Waals surface area contributed by atoms with Gasteiger partial charge in [-0.25, -0.2) is 0 Å². The van der Waals surface area contributed by atoms with Crippen molar-refractivity contribution in [3.8, 4) is 0 Å². The van der Waals surface area contributed by atoms with Gasteiger partial charge in [-0.15, -0.1) is 0 Å². The van der Waals surface area contributed by atoms with Crippen LogP contribution in [0.2, 0.25) is 0 Å². The van der Waals surface area contributed by atoms with Crippen LogP contribution in [0, 0.1) is 0 Å². The lowest BCUT2D eigenvalue weighted by atomic mass is 10.0. The van der Waals surface area contributed by atoms with Gasteiger partial charge in [0.1, 0.15) is 0 Å². The van der Waals surface area contributed by atoms with Crippen molar-refractivity contribution >= 4 is 17.3 Å². The summed E-state index contributed by atoms with van der Waals surface area (Å²) in [7, 11) is 0. The molecule has 126 valence electrons. The van der Waals surface area contributed by atoms with Gasteiger partial charge in [0.15, 0.2) is 0 Å². The summed E-state index contributed by atoms with van der Waals surface area (Å²) < 4.78 is 5.38. The van der Waals surface area contributed by atoms with Gasteiger partial charge in [-0.05, 0) is 50.6 Å². The predicted octanol–water partition coefficient (Wildman–Crippen LogP) is 2.34. The normalized spacial score (nSPS) is 22.8. The maximum absolute atomic E-state index is 12.2. The molecular weight excluding hydrogens is 290 g/mol. The molecule has 3 rings (SSSR count). The fourth-order valence-corrected chi connectivity index (χ4v) is 3.35. The van der Waals surface area contributed by atoms with E-state index >= 15 is 0 Å². The van der Waals surface area contributed by atoms with Crippen LogP contribution in [-0.2, 0) is 9.53 Å². The summed E-state index contributed by atoms with van der Waals surface area (Å²) in [6.07, 6.45) is 3.68. The first-order chi connectivity index (χ1) is 11.2. The lowest BCUT2D eigenvalue weighted by Gasteiger charge is -2.32. The van der Waals surface area contributed by atoms with E-state index < -0.39 is 0 Å². The van der Waals surface area contributed by atoms with Crippen LogP contribution in [0.15, 0.2) is 24.3 Å². The third-order valence-electron chi connectivity index (χ3n) is 4.81. The molecule has 1 aromatic rings. The van der Waals surface area contributed by atoms with Crippen molar-refractivity contribution in [1.29, 1.82) is 0 Å². The number of nitrogens with zero attached hydrogens (tertiary/aromatic N) is 2. The minimum atomic E-state index is 0.0814. The van der Waals surface area contributed by atoms with Crippen LogP contribution in [0.3, 0.4) is 0 Å². The number of hydrogen-bond donors (Lipinski definition) is 1. The highest BCUT2D eigenvalue weighted by Gasteiger charge is 2.20. The summed E-state index contributed by atoms with van der Waals surface area (Å²) in [5.41, 5.74) is 2.06. The molecule has 2 aliphatic heterocycles. The molecule has 0 bridgehead atoms. The molecule has 5 heteroatoms. The second-order valence-corrected chi connectivity index (χ2v) is 6.51. The molecule has 1 N–H and O–H groups in total. The number of ether oxygens (including phenoxy) is 1. The van der Waals surface area contributed by atoms with Gasteiger partial charge in [0.05, 0.1) is 19.8 Å². The number of nitrogens with one attached hydrogen (secondary N) is 1. The Hall–Kier alpha value is -1.59. The summed E-state index contributed by atoms with van der Waals surface area (Å²) in [5.74, 6) is 0.0814. The first-order valence-electron chi connectivity index (χ1n) is 8.69. The Morgan fingerprint density at radius 3 is 2.61 bits per heavy atom. The third-order valence-corrected chi connectivity index (χ3v) is 4.81. The first-order valence-corrected chi connectivity index (χ1v) is 8.69. The summed E-state index contributed by atoms with van der Waals surface area (Å²) in [4.78, 5) is 16.8. The molecule has 1 unspecified atom stereocenters. The molecule has 5 nitrogen and oxygen atoms in total. The Morgan fingerprint density at radius 2 is 1.91 bits per heavy atom. The molecule has 0 aromatic heterocycles. The highest BCUT2D eigenvalue weighted by molar-refractivity contribution is 5.92. The van der Waals surface area contributed by atoms with Crippen molar-refractivity contribution in [3.05, 3.63) is 24.3 Å². The van der Waals surface area contributed by atoms with E-state index in [2.05, 4.69) is 34.2 Å². The quantitative estimate of drug-likeness (QED) is 0.926. The SMILES string of the molecule is CC1CCCCN1CC(=O)Nc1ccc(N2CCOCC2)cc1. The standard InChI is InChI=1S/C18H27N3O2/c1-15-4-2-3-9-21(15)14-18(22)19-16-5-7-17(8-6-16)20-10-12-23-13-11-20/h5-8,15H,2-4,9-14H2,1H3,(H,19,22). The Morgan fingerprint density at radius 1 is 1.17 bits per heavy atom. The zero-order valence-electron chi connectivity index (χ0n) is 14.0. The second-order valence-electron chi connectivity index (χ2n) is 6.51. The van der Waals surface area contributed by atoms with E-state index in [-0.39, 0.29) is 5.91 Å². The van der Waals surface area contributed by atoms with E-state index in [1.165, 1.54) is 24.9 Å². The molecule has 1 amide bonds. The molecule has 2 aliphatic rings. The Kier molecular flexibility index (Phi) is 5.51. The number of rotatable bonds is 4. The van der Waals surface area contributed by atoms with Gasteiger partial charge in [-0.3, -0.25) is 9.69 Å². The summed E-state index contributed by atoms with van der Waals surface area (Å²) in [6.45, 7) is 7.16. The molecule has 1 aromatic carbocycles. The fraction of sp³-hybridized carbons (Fsp3) is 0.611. The van der Waals surface area contributed by atoms with Crippen LogP contribution in [0.1, 0.15) is 26.2 Å². The van der Waals surface area contributed by atoms with Gasteiger partial charge < -0.3 is 15.0 Å². The fourth-order valence-electron chi connectivity index (χ4n) is 3.35. The first kappa shape index (κ1) is 16.3. The monoisotopic (exact) mass is 317 g/mol. The van der Waals surface area contributed by atoms with Gasteiger partial charge in [-0.2, -0.15) is 0 Å². The Bertz CT molecular complexity index is 512. The minimum Gasteiger partial charge on any atom is -0.378 e. The van der Waals surface area contributed by atoms with Crippen LogP contribution < -0.4 is 10.2 Å². The van der Waals surface area contributed by atoms with E-state index in [0.717, 1.165) is 38.5 Å². The van der Waals surface area contributed by atoms with Gasteiger partial charge in [0, 0.05) is 30.5 Å². The zero-order valence-corrected chi connectivity index (χ0v) is 14.0. The number of likely N-dealkylation sites (tertiary alicyclic amines) is 1. The average molecular weight is 317 g/mol. The summed E-state index contributed by atoms with van der Waals surface area (Å²) in [6, 6.07) is 8.64. The highest BCUT2D eigenvalue weighted by atomic mass is 16.5. The number of carbonyl (C=O) groups is 1. The lowest BCUT2D eigenvalue weighted by Crippen LogP contribution is -2.42. The molecule has 0 radical (unpaired) electrons. The Labute approximate surface area is 138 Å². The van der Waals surface area contributed by atoms with Gasteiger partial charge in [0.2, 0.25) is 5.91 Å². The smallest absolute Gasteiger partial charge is 0.238 e. The number of amides is 1. The number of morpholine rings is 1. The molecule has 2 heterocycles. The highest BCUT2D eigenvalue weighted by Crippen LogP contribution is 2.20. The van der Waals surface area contributed by atoms with Crippen molar-refractivity contribution in [2.24, 2.45) is 0 Å². The topological polar surface area (TPSA) is 44.8 Å². The lowest BCUT2D eigenvalue weighted by molar-refractivity contribution is -0.118. The van der Waals surface area contributed by atoms with Crippen LogP contribution >= 0.6 is 0 Å². The molecule has 0 aliphatic carbocycles. The number of anilines is 2. The predicted molar refractivity (Wildman–Crippen MR) is 93.0 cm³/mol. The van der Waals surface area contributed by atoms with Gasteiger partial charge in [0.25, 0.3) is 0 Å². The molecule has 23 heavy (non-hydrogen) atoms. The van der Waals surface area contributed by atoms with Crippen molar-refractivity contribution in [1.82, 2.24) is 4.90 Å². The summed E-state index contributed by atoms with van der Waals surface area (Å²) in [5, 5.41) is 3.02. The zero-order chi connectivity index (χ0) is 16.1. The van der Waals surface area contributed by atoms with Crippen LogP contribution in [-0.4, -0.2) is 56.2 Å². The molecule has 2 fully saturated rings. The largest absolute Gasteiger partial charge is 0.378 e. The van der Waals surface area contributed by atoms with Crippen molar-refractivity contribution in [2.45, 2.75) is 32.2 Å². The maximum Gasteiger partial charge on any atom is 0.238 e. The average Bonchev–Trinajstić information content (AvgIpc) is 2.58. The minimum absolute atomic E-state index is 0.0814. The maximum atomic E-state index is 12.2. The Balaban J connectivity index is 1.52. The van der Waals surface area contributed by atoms with Crippen LogP contribution in [0.25, 0.3) is 0 Å². The van der Waals surface area contributed by atoms with E-state index in [1.54, 1.807) is 0 Å². The van der Waals surface area contributed by atoms with Crippen molar-refractivity contribution < 1.29 is 9.53 Å². The number of piperidine rings is 1. The number of carbonyl (C=O) groups excluding carboxylic acids is 1. The van der Waals surface area contributed by atoms with Crippen molar-refractivity contribution in [3.63, 3.8) is 0 Å². The van der Waals surface area contributed by atoms with Crippen molar-refractivity contribution in [2.75, 3.05) is 49.6 Å². The summed E-state index contributed by atoms with van der Waals surface area (Å²) >= 11 is 0. The molecular formula is C18H27N3O2. The molecule has 0 saturated carbocycles. The van der Waals surface area contributed by atoms with Crippen LogP contribution in [0.4, 0.5) is 11.4 Å². The molecule has 1 atom stereocenters. The van der Waals surface area contributed by atoms with E-state index in [4.69, 9.17) is 4.74 Å². The molecule has 0 spiro atoms. The van der Waals surface area contributed by atoms with E-state index in [0.29, 0.717) is 12.6 Å². The second kappa shape index (κ2) is 7.79. The van der Waals surface area contributed by atoms with Gasteiger partial charge >= 0.3 is 0 Å². The van der Waals surface area contributed by atoms with E-state index in [9.17, 15) is 4.79 Å².